The summed E-state index contributed by atoms with van der Waals surface area (Å²) in [6.07, 6.45) is -3.54. The fourth-order valence-corrected chi connectivity index (χ4v) is 3.67. The molecule has 34 heavy (non-hydrogen) atoms. The minimum atomic E-state index is -5.22. The molecule has 0 atom stereocenters. The zero-order valence-corrected chi connectivity index (χ0v) is 17.3. The van der Waals surface area contributed by atoms with Crippen LogP contribution in [0.25, 0.3) is 22.2 Å². The first-order chi connectivity index (χ1) is 16.3. The van der Waals surface area contributed by atoms with Gasteiger partial charge in [-0.05, 0) is 18.2 Å². The van der Waals surface area contributed by atoms with Gasteiger partial charge < -0.3 is 14.9 Å². The Kier molecular flexibility index (Phi) is 5.16. The van der Waals surface area contributed by atoms with E-state index in [1.165, 1.54) is 12.3 Å². The van der Waals surface area contributed by atoms with Crippen molar-refractivity contribution in [2.45, 2.75) is 12.6 Å². The zero-order valence-electron chi connectivity index (χ0n) is 17.3. The number of amides is 1. The second kappa shape index (κ2) is 8.18. The van der Waals surface area contributed by atoms with Gasteiger partial charge in [-0.25, -0.2) is 9.78 Å². The van der Waals surface area contributed by atoms with Gasteiger partial charge >= 0.3 is 18.2 Å². The second-order valence-corrected chi connectivity index (χ2v) is 7.38. The normalized spacial score (nSPS) is 13.3. The molecule has 3 heterocycles. The number of carbonyl (C=O) groups is 2. The summed E-state index contributed by atoms with van der Waals surface area (Å²) in [4.78, 5) is 37.4. The molecule has 1 amide bonds. The minimum Gasteiger partial charge on any atom is -0.424 e. The van der Waals surface area contributed by atoms with Gasteiger partial charge in [0, 0.05) is 30.1 Å². The van der Waals surface area contributed by atoms with Gasteiger partial charge in [0.05, 0.1) is 22.5 Å². The van der Waals surface area contributed by atoms with Gasteiger partial charge in [0.1, 0.15) is 5.75 Å². The van der Waals surface area contributed by atoms with Gasteiger partial charge in [-0.3, -0.25) is 4.79 Å². The molecular weight excluding hydrogens is 453 g/mol. The second-order valence-electron chi connectivity index (χ2n) is 7.38. The molecule has 0 radical (unpaired) electrons. The maximum absolute atomic E-state index is 13.0. The van der Waals surface area contributed by atoms with E-state index >= 15 is 0 Å². The lowest BCUT2D eigenvalue weighted by Crippen LogP contribution is -2.37. The van der Waals surface area contributed by atoms with Crippen molar-refractivity contribution in [3.63, 3.8) is 0 Å². The molecule has 172 valence electrons. The van der Waals surface area contributed by atoms with Crippen LogP contribution < -0.4 is 14.9 Å². The van der Waals surface area contributed by atoms with Crippen molar-refractivity contribution in [1.82, 2.24) is 20.0 Å². The van der Waals surface area contributed by atoms with E-state index in [1.54, 1.807) is 42.5 Å². The average molecular weight is 468 g/mol. The maximum atomic E-state index is 13.0. The molecule has 0 fully saturated rings. The molecule has 5 rings (SSSR count). The Morgan fingerprint density at radius 3 is 2.62 bits per heavy atom. The first kappa shape index (κ1) is 21.4. The van der Waals surface area contributed by atoms with Crippen molar-refractivity contribution in [2.75, 3.05) is 6.54 Å². The fourth-order valence-electron chi connectivity index (χ4n) is 3.67. The van der Waals surface area contributed by atoms with Gasteiger partial charge in [0.15, 0.2) is 0 Å². The molecule has 1 aliphatic heterocycles. The van der Waals surface area contributed by atoms with E-state index in [1.807, 2.05) is 6.07 Å². The number of alkyl halides is 3. The Morgan fingerprint density at radius 1 is 1.06 bits per heavy atom. The number of nitrogens with one attached hydrogen (secondary N) is 1. The molecular formula is C23H15F3N4O4. The molecule has 4 aromatic rings. The summed E-state index contributed by atoms with van der Waals surface area (Å²) in [5.41, 5.74) is 0.999. The Balaban J connectivity index is 1.66. The maximum Gasteiger partial charge on any atom is 0.493 e. The summed E-state index contributed by atoms with van der Waals surface area (Å²) in [5.74, 6) is -2.39. The minimum absolute atomic E-state index is 0.0130. The van der Waals surface area contributed by atoms with Crippen LogP contribution in [-0.4, -0.2) is 39.3 Å². The molecule has 0 saturated carbocycles. The highest BCUT2D eigenvalue weighted by Gasteiger charge is 2.43. The van der Waals surface area contributed by atoms with E-state index in [-0.39, 0.29) is 35.9 Å². The third-order valence-corrected chi connectivity index (χ3v) is 5.17. The van der Waals surface area contributed by atoms with Crippen LogP contribution in [0.1, 0.15) is 16.1 Å². The number of carbonyl (C=O) groups excluding carboxylic acids is 2. The lowest BCUT2D eigenvalue weighted by atomic mass is 10.1. The van der Waals surface area contributed by atoms with Crippen molar-refractivity contribution in [3.8, 4) is 23.0 Å². The lowest BCUT2D eigenvalue weighted by Gasteiger charge is -2.17. The van der Waals surface area contributed by atoms with Crippen molar-refractivity contribution < 1.29 is 32.3 Å². The smallest absolute Gasteiger partial charge is 0.424 e. The summed E-state index contributed by atoms with van der Waals surface area (Å²) in [5, 5.41) is 3.19. The number of para-hydroxylation sites is 2. The average Bonchev–Trinajstić information content (AvgIpc) is 3.18. The Morgan fingerprint density at radius 2 is 1.85 bits per heavy atom. The summed E-state index contributed by atoms with van der Waals surface area (Å²) < 4.78 is 45.4. The van der Waals surface area contributed by atoms with Crippen LogP contribution in [-0.2, 0) is 11.2 Å². The molecule has 0 saturated heterocycles. The van der Waals surface area contributed by atoms with Crippen LogP contribution in [0.5, 0.6) is 11.8 Å². The number of nitrogens with zero attached hydrogens (tertiary/aromatic N) is 3. The highest BCUT2D eigenvalue weighted by molar-refractivity contribution is 6.00. The van der Waals surface area contributed by atoms with Crippen LogP contribution in [0.4, 0.5) is 13.2 Å². The van der Waals surface area contributed by atoms with Crippen molar-refractivity contribution in [3.05, 3.63) is 72.1 Å². The summed E-state index contributed by atoms with van der Waals surface area (Å²) in [7, 11) is 0. The quantitative estimate of drug-likeness (QED) is 0.491. The first-order valence-corrected chi connectivity index (χ1v) is 10.1. The van der Waals surface area contributed by atoms with E-state index in [2.05, 4.69) is 15.3 Å². The molecule has 0 spiro atoms. The van der Waals surface area contributed by atoms with Crippen molar-refractivity contribution in [1.29, 1.82) is 0 Å². The van der Waals surface area contributed by atoms with Crippen LogP contribution in [0.3, 0.4) is 0 Å². The van der Waals surface area contributed by atoms with E-state index < -0.39 is 18.1 Å². The SMILES string of the molecule is O=C1NCCc2c1cc(-c1cccc3cnc(Oc4ccccc4)nc13)n2OC(=O)C(F)(F)F. The largest absolute Gasteiger partial charge is 0.493 e. The molecule has 0 aliphatic carbocycles. The predicted octanol–water partition coefficient (Wildman–Crippen LogP) is 3.69. The summed E-state index contributed by atoms with van der Waals surface area (Å²) in [6, 6.07) is 15.2. The van der Waals surface area contributed by atoms with E-state index in [0.29, 0.717) is 22.2 Å². The van der Waals surface area contributed by atoms with Gasteiger partial charge in [-0.2, -0.15) is 22.9 Å². The van der Waals surface area contributed by atoms with Crippen LogP contribution in [0, 0.1) is 0 Å². The van der Waals surface area contributed by atoms with Crippen LogP contribution in [0.15, 0.2) is 60.8 Å². The predicted molar refractivity (Wildman–Crippen MR) is 113 cm³/mol. The van der Waals surface area contributed by atoms with Gasteiger partial charge in [0.2, 0.25) is 0 Å². The number of halogens is 3. The van der Waals surface area contributed by atoms with Gasteiger partial charge in [-0.1, -0.05) is 36.4 Å². The molecule has 1 N–H and O–H groups in total. The highest BCUT2D eigenvalue weighted by Crippen LogP contribution is 2.33. The molecule has 0 bridgehead atoms. The van der Waals surface area contributed by atoms with Crippen LogP contribution in [0.2, 0.25) is 0 Å². The topological polar surface area (TPSA) is 95.3 Å². The van der Waals surface area contributed by atoms with Crippen molar-refractivity contribution in [2.24, 2.45) is 0 Å². The third kappa shape index (κ3) is 3.91. The van der Waals surface area contributed by atoms with E-state index in [4.69, 9.17) is 9.57 Å². The number of hydrogen-bond acceptors (Lipinski definition) is 6. The molecule has 8 nitrogen and oxygen atoms in total. The fraction of sp³-hybridized carbons (Fsp3) is 0.130. The number of fused-ring (bicyclic) bond motifs is 2. The number of benzene rings is 2. The number of ether oxygens (including phenoxy) is 1. The third-order valence-electron chi connectivity index (χ3n) is 5.17. The number of hydrogen-bond donors (Lipinski definition) is 1. The molecule has 1 aliphatic rings. The zero-order chi connectivity index (χ0) is 23.9. The number of rotatable bonds is 4. The van der Waals surface area contributed by atoms with Gasteiger partial charge in [0.25, 0.3) is 5.91 Å². The monoisotopic (exact) mass is 468 g/mol. The Labute approximate surface area is 189 Å². The van der Waals surface area contributed by atoms with Crippen molar-refractivity contribution >= 4 is 22.8 Å². The number of aromatic nitrogens is 3. The Bertz CT molecular complexity index is 1420. The summed E-state index contributed by atoms with van der Waals surface area (Å²) in [6.45, 7) is 0.186. The lowest BCUT2D eigenvalue weighted by molar-refractivity contribution is -0.199. The first-order valence-electron chi connectivity index (χ1n) is 10.1. The highest BCUT2D eigenvalue weighted by atomic mass is 19.4. The van der Waals surface area contributed by atoms with Gasteiger partial charge in [-0.15, -0.1) is 0 Å². The van der Waals surface area contributed by atoms with E-state index in [9.17, 15) is 22.8 Å². The van der Waals surface area contributed by atoms with E-state index in [0.717, 1.165) is 4.73 Å². The Hall–Kier alpha value is -4.41. The molecule has 11 heteroatoms. The molecule has 2 aromatic heterocycles. The van der Waals surface area contributed by atoms with Crippen LogP contribution >= 0.6 is 0 Å². The molecule has 0 unspecified atom stereocenters. The standard InChI is InChI=1S/C23H15F3N4O4/c24-23(25,26)21(32)34-30-17-9-10-27-20(31)16(17)11-18(30)15-8-4-5-13-12-28-22(29-19(13)15)33-14-6-2-1-3-7-14/h1-8,11-12H,9-10H2,(H,27,31). The molecule has 2 aromatic carbocycles. The summed E-state index contributed by atoms with van der Waals surface area (Å²) >= 11 is 0.